The van der Waals surface area contributed by atoms with Gasteiger partial charge in [0.25, 0.3) is 0 Å². The van der Waals surface area contributed by atoms with Crippen LogP contribution in [0.5, 0.6) is 0 Å². The van der Waals surface area contributed by atoms with Crippen molar-refractivity contribution in [2.45, 2.75) is 20.3 Å². The van der Waals surface area contributed by atoms with Crippen LogP contribution in [0.25, 0.3) is 5.69 Å². The van der Waals surface area contributed by atoms with E-state index in [1.54, 1.807) is 23.1 Å². The first kappa shape index (κ1) is 22.1. The van der Waals surface area contributed by atoms with Gasteiger partial charge in [0, 0.05) is 30.9 Å². The molecule has 0 radical (unpaired) electrons. The Morgan fingerprint density at radius 1 is 1.15 bits per heavy atom. The zero-order valence-corrected chi connectivity index (χ0v) is 18.4. The number of carbonyl (C=O) groups excluding carboxylic acids is 1. The fourth-order valence-corrected chi connectivity index (χ4v) is 3.78. The van der Waals surface area contributed by atoms with Gasteiger partial charge in [-0.15, -0.1) is 0 Å². The van der Waals surface area contributed by atoms with Crippen molar-refractivity contribution in [1.29, 1.82) is 0 Å². The number of hydrogen-bond acceptors (Lipinski definition) is 5. The Morgan fingerprint density at radius 3 is 2.55 bits per heavy atom. The van der Waals surface area contributed by atoms with Crippen LogP contribution in [0.15, 0.2) is 82.9 Å². The van der Waals surface area contributed by atoms with Gasteiger partial charge in [-0.25, -0.2) is 14.1 Å². The number of benzene rings is 2. The molecular weight excluding hydrogens is 421 g/mol. The lowest BCUT2D eigenvalue weighted by Gasteiger charge is -2.20. The number of amides is 1. The van der Waals surface area contributed by atoms with Gasteiger partial charge in [-0.05, 0) is 48.0 Å². The van der Waals surface area contributed by atoms with E-state index in [0.29, 0.717) is 24.3 Å². The number of aliphatic imine (C=N–C) groups is 1. The summed E-state index contributed by atoms with van der Waals surface area (Å²) in [6.07, 6.45) is 4.55. The third-order valence-corrected chi connectivity index (χ3v) is 5.32. The lowest BCUT2D eigenvalue weighted by atomic mass is 9.93. The maximum atomic E-state index is 15.1. The molecule has 168 valence electrons. The predicted octanol–water partition coefficient (Wildman–Crippen LogP) is 3.73. The second kappa shape index (κ2) is 8.82. The van der Waals surface area contributed by atoms with Gasteiger partial charge in [0.1, 0.15) is 5.69 Å². The Bertz CT molecular complexity index is 1310. The Balaban J connectivity index is 1.72. The molecule has 1 saturated heterocycles. The van der Waals surface area contributed by atoms with E-state index in [-0.39, 0.29) is 33.8 Å². The average Bonchev–Trinajstić information content (AvgIpc) is 3.07. The molecule has 0 spiro atoms. The molecule has 0 atom stereocenters. The topological polar surface area (TPSA) is 93.6 Å². The van der Waals surface area contributed by atoms with Crippen molar-refractivity contribution in [1.82, 2.24) is 9.78 Å². The highest BCUT2D eigenvalue weighted by molar-refractivity contribution is 6.08. The van der Waals surface area contributed by atoms with E-state index in [4.69, 9.17) is 5.73 Å². The van der Waals surface area contributed by atoms with Crippen molar-refractivity contribution >= 4 is 23.0 Å². The van der Waals surface area contributed by atoms with Gasteiger partial charge in [-0.1, -0.05) is 32.0 Å². The van der Waals surface area contributed by atoms with Crippen LogP contribution in [-0.2, 0) is 4.79 Å². The molecule has 0 aliphatic carbocycles. The summed E-state index contributed by atoms with van der Waals surface area (Å²) >= 11 is 0. The molecule has 1 fully saturated rings. The van der Waals surface area contributed by atoms with Gasteiger partial charge < -0.3 is 10.6 Å². The third-order valence-electron chi connectivity index (χ3n) is 5.32. The van der Waals surface area contributed by atoms with Crippen LogP contribution < -0.4 is 16.1 Å². The number of carbonyl (C=O) groups is 1. The molecule has 2 N–H and O–H groups in total. The van der Waals surface area contributed by atoms with Crippen LogP contribution in [0.2, 0.25) is 0 Å². The van der Waals surface area contributed by atoms with E-state index in [2.05, 4.69) is 10.1 Å². The van der Waals surface area contributed by atoms with E-state index in [9.17, 15) is 9.59 Å². The SMILES string of the molecule is CC1(C)CC(=O)N(c2ccc(-n3ccc(=O)c(C(C=CN)=Nc4ccccc4)n3)c(F)c2)C1. The van der Waals surface area contributed by atoms with Crippen LogP contribution in [-0.4, -0.2) is 27.9 Å². The number of halogens is 1. The summed E-state index contributed by atoms with van der Waals surface area (Å²) in [7, 11) is 0. The molecule has 1 aliphatic rings. The summed E-state index contributed by atoms with van der Waals surface area (Å²) < 4.78 is 16.4. The number of rotatable bonds is 5. The minimum absolute atomic E-state index is 0.0306. The summed E-state index contributed by atoms with van der Waals surface area (Å²) in [5, 5.41) is 4.33. The van der Waals surface area contributed by atoms with E-state index >= 15 is 4.39 Å². The maximum absolute atomic E-state index is 15.1. The molecule has 4 rings (SSSR count). The number of hydrogen-bond donors (Lipinski definition) is 1. The van der Waals surface area contributed by atoms with Crippen LogP contribution in [0.4, 0.5) is 15.8 Å². The molecular formula is C25H24FN5O2. The van der Waals surface area contributed by atoms with Gasteiger partial charge in [0.05, 0.1) is 11.4 Å². The van der Waals surface area contributed by atoms with Crippen LogP contribution >= 0.6 is 0 Å². The lowest BCUT2D eigenvalue weighted by Crippen LogP contribution is -2.26. The largest absolute Gasteiger partial charge is 0.405 e. The first-order valence-corrected chi connectivity index (χ1v) is 10.5. The molecule has 0 bridgehead atoms. The summed E-state index contributed by atoms with van der Waals surface area (Å²) in [4.78, 5) is 30.9. The fraction of sp³-hybridized carbons (Fsp3) is 0.200. The molecule has 0 unspecified atom stereocenters. The molecule has 3 aromatic rings. The van der Waals surface area contributed by atoms with Crippen LogP contribution in [0.3, 0.4) is 0 Å². The highest BCUT2D eigenvalue weighted by Gasteiger charge is 2.36. The smallest absolute Gasteiger partial charge is 0.227 e. The zero-order valence-electron chi connectivity index (χ0n) is 18.4. The summed E-state index contributed by atoms with van der Waals surface area (Å²) in [5.41, 5.74) is 6.56. The Labute approximate surface area is 190 Å². The number of aromatic nitrogens is 2. The Morgan fingerprint density at radius 2 is 1.91 bits per heavy atom. The molecule has 0 saturated carbocycles. The van der Waals surface area contributed by atoms with E-state index in [1.807, 2.05) is 32.0 Å². The van der Waals surface area contributed by atoms with Gasteiger partial charge in [-0.3, -0.25) is 9.59 Å². The lowest BCUT2D eigenvalue weighted by molar-refractivity contribution is -0.117. The minimum atomic E-state index is -0.567. The highest BCUT2D eigenvalue weighted by atomic mass is 19.1. The first-order chi connectivity index (χ1) is 15.8. The van der Waals surface area contributed by atoms with E-state index < -0.39 is 5.82 Å². The fourth-order valence-electron chi connectivity index (χ4n) is 3.78. The van der Waals surface area contributed by atoms with Crippen molar-refractivity contribution in [3.63, 3.8) is 0 Å². The number of allylic oxidation sites excluding steroid dienone is 1. The highest BCUT2D eigenvalue weighted by Crippen LogP contribution is 2.34. The summed E-state index contributed by atoms with van der Waals surface area (Å²) in [5.74, 6) is -0.603. The molecule has 1 aliphatic heterocycles. The number of para-hydroxylation sites is 1. The number of anilines is 1. The van der Waals surface area contributed by atoms with E-state index in [0.717, 1.165) is 0 Å². The predicted molar refractivity (Wildman–Crippen MR) is 127 cm³/mol. The van der Waals surface area contributed by atoms with Crippen molar-refractivity contribution in [3.05, 3.63) is 94.8 Å². The van der Waals surface area contributed by atoms with Crippen LogP contribution in [0, 0.1) is 11.2 Å². The minimum Gasteiger partial charge on any atom is -0.405 e. The van der Waals surface area contributed by atoms with Crippen molar-refractivity contribution < 1.29 is 9.18 Å². The second-order valence-electron chi connectivity index (χ2n) is 8.62. The maximum Gasteiger partial charge on any atom is 0.227 e. The molecule has 33 heavy (non-hydrogen) atoms. The first-order valence-electron chi connectivity index (χ1n) is 10.5. The average molecular weight is 445 g/mol. The van der Waals surface area contributed by atoms with Gasteiger partial charge in [-0.2, -0.15) is 5.10 Å². The van der Waals surface area contributed by atoms with Gasteiger partial charge in [0.15, 0.2) is 11.5 Å². The number of nitrogens with two attached hydrogens (primary N) is 1. The monoisotopic (exact) mass is 445 g/mol. The van der Waals surface area contributed by atoms with Crippen molar-refractivity contribution in [2.75, 3.05) is 11.4 Å². The Hall–Kier alpha value is -4.07. The molecule has 1 amide bonds. The van der Waals surface area contributed by atoms with E-state index in [1.165, 1.54) is 41.4 Å². The Kier molecular flexibility index (Phi) is 5.91. The molecule has 7 nitrogen and oxygen atoms in total. The normalized spacial score (nSPS) is 16.0. The summed E-state index contributed by atoms with van der Waals surface area (Å²) in [6.45, 7) is 4.54. The van der Waals surface area contributed by atoms with Gasteiger partial charge in [0.2, 0.25) is 11.3 Å². The van der Waals surface area contributed by atoms with Gasteiger partial charge >= 0.3 is 0 Å². The van der Waals surface area contributed by atoms with Crippen LogP contribution in [0.1, 0.15) is 26.0 Å². The number of nitrogens with zero attached hydrogens (tertiary/aromatic N) is 4. The zero-order chi connectivity index (χ0) is 23.6. The third kappa shape index (κ3) is 4.74. The second-order valence-corrected chi connectivity index (χ2v) is 8.62. The standard InChI is InChI=1S/C25H24FN5O2/c1-25(2)15-23(33)30(16-25)18-8-9-21(19(26)14-18)31-13-11-22(32)24(29-31)20(10-12-27)28-17-6-4-3-5-7-17/h3-14H,15-16,27H2,1-2H3. The van der Waals surface area contributed by atoms with Crippen molar-refractivity contribution in [3.8, 4) is 5.69 Å². The summed E-state index contributed by atoms with van der Waals surface area (Å²) in [6, 6.07) is 14.9. The quantitative estimate of drug-likeness (QED) is 0.606. The molecule has 8 heteroatoms. The van der Waals surface area contributed by atoms with Crippen molar-refractivity contribution in [2.24, 2.45) is 16.1 Å². The molecule has 1 aromatic heterocycles. The molecule has 2 aromatic carbocycles. The molecule has 2 heterocycles.